The zero-order valence-electron chi connectivity index (χ0n) is 5.99. The van der Waals surface area contributed by atoms with Gasteiger partial charge in [0, 0.05) is 6.54 Å². The van der Waals surface area contributed by atoms with Crippen LogP contribution in [-0.2, 0) is 9.53 Å². The van der Waals surface area contributed by atoms with Crippen molar-refractivity contribution in [2.24, 2.45) is 0 Å². The molecule has 0 aromatic carbocycles. The summed E-state index contributed by atoms with van der Waals surface area (Å²) in [5.41, 5.74) is 7.96. The van der Waals surface area contributed by atoms with Crippen molar-refractivity contribution in [3.8, 4) is 0 Å². The van der Waals surface area contributed by atoms with Gasteiger partial charge in [0.25, 0.3) is 0 Å². The predicted molar refractivity (Wildman–Crippen MR) is 37.1 cm³/mol. The maximum atomic E-state index is 10.6. The van der Waals surface area contributed by atoms with E-state index < -0.39 is 5.97 Å². The fourth-order valence-electron chi connectivity index (χ4n) is 0.971. The van der Waals surface area contributed by atoms with Crippen LogP contribution in [0.1, 0.15) is 6.42 Å². The molecule has 0 unspecified atom stereocenters. The van der Waals surface area contributed by atoms with Crippen LogP contribution in [0, 0.1) is 0 Å². The van der Waals surface area contributed by atoms with Crippen molar-refractivity contribution in [1.29, 1.82) is 0 Å². The Bertz CT molecular complexity index is 192. The van der Waals surface area contributed by atoms with Crippen molar-refractivity contribution in [3.63, 3.8) is 0 Å². The van der Waals surface area contributed by atoms with Crippen LogP contribution >= 0.6 is 0 Å². The van der Waals surface area contributed by atoms with Crippen molar-refractivity contribution >= 4 is 12.2 Å². The molecule has 1 atom stereocenters. The van der Waals surface area contributed by atoms with E-state index in [0.29, 0.717) is 6.54 Å². The van der Waals surface area contributed by atoms with E-state index in [-0.39, 0.29) is 6.10 Å². The molecule has 0 radical (unpaired) electrons. The molecule has 0 bridgehead atoms. The van der Waals surface area contributed by atoms with E-state index in [1.807, 2.05) is 0 Å². The van der Waals surface area contributed by atoms with Gasteiger partial charge in [-0.05, 0) is 13.0 Å². The van der Waals surface area contributed by atoms with E-state index in [1.165, 1.54) is 0 Å². The highest BCUT2D eigenvalue weighted by Gasteiger charge is 2.18. The van der Waals surface area contributed by atoms with E-state index in [1.54, 1.807) is 0 Å². The Hall–Kier alpha value is -1.19. The van der Waals surface area contributed by atoms with Crippen molar-refractivity contribution in [2.45, 2.75) is 12.5 Å². The molecule has 11 heavy (non-hydrogen) atoms. The van der Waals surface area contributed by atoms with Crippen LogP contribution in [0.15, 0.2) is 0 Å². The lowest BCUT2D eigenvalue weighted by molar-refractivity contribution is -0.143. The largest absolute Gasteiger partial charge is 0.453 e. The average molecular weight is 155 g/mol. The number of esters is 1. The first kappa shape index (κ1) is 7.91. The quantitative estimate of drug-likeness (QED) is 0.245. The Morgan fingerprint density at radius 1 is 1.82 bits per heavy atom. The van der Waals surface area contributed by atoms with Gasteiger partial charge in [-0.15, -0.1) is 0 Å². The summed E-state index contributed by atoms with van der Waals surface area (Å²) in [7, 11) is 0. The summed E-state index contributed by atoms with van der Waals surface area (Å²) in [5.74, 6) is -0.596. The molecule has 0 amide bonds. The Morgan fingerprint density at radius 3 is 3.18 bits per heavy atom. The van der Waals surface area contributed by atoms with Crippen LogP contribution in [-0.4, -0.2) is 36.2 Å². The maximum absolute atomic E-state index is 10.6. The summed E-state index contributed by atoms with van der Waals surface area (Å²) in [4.78, 5) is 13.2. The van der Waals surface area contributed by atoms with Gasteiger partial charge in [0.1, 0.15) is 6.10 Å². The third-order valence-electron chi connectivity index (χ3n) is 1.46. The average Bonchev–Trinajstić information content (AvgIpc) is 2.40. The van der Waals surface area contributed by atoms with Crippen molar-refractivity contribution in [1.82, 2.24) is 5.32 Å². The second-order valence-corrected chi connectivity index (χ2v) is 2.30. The summed E-state index contributed by atoms with van der Waals surface area (Å²) in [6.07, 6.45) is 1.50. The second kappa shape index (κ2) is 3.85. The molecule has 1 rings (SSSR count). The van der Waals surface area contributed by atoms with Gasteiger partial charge in [-0.2, -0.15) is 4.79 Å². The SMILES string of the molecule is [N-]=[N+]=CC(=O)O[C@H]1CCNC1. The van der Waals surface area contributed by atoms with Crippen LogP contribution in [0.4, 0.5) is 0 Å². The van der Waals surface area contributed by atoms with Crippen molar-refractivity contribution < 1.29 is 14.3 Å². The van der Waals surface area contributed by atoms with Crippen LogP contribution in [0.3, 0.4) is 0 Å². The Morgan fingerprint density at radius 2 is 2.64 bits per heavy atom. The first-order valence-electron chi connectivity index (χ1n) is 3.41. The number of carbonyl (C=O) groups is 1. The third kappa shape index (κ3) is 2.49. The summed E-state index contributed by atoms with van der Waals surface area (Å²) < 4.78 is 4.84. The molecular weight excluding hydrogens is 146 g/mol. The Kier molecular flexibility index (Phi) is 2.77. The first-order valence-corrected chi connectivity index (χ1v) is 3.41. The molecule has 1 N–H and O–H groups in total. The summed E-state index contributed by atoms with van der Waals surface area (Å²) in [6, 6.07) is 0. The minimum atomic E-state index is -0.596. The number of hydrogen-bond donors (Lipinski definition) is 1. The minimum absolute atomic E-state index is 0.0690. The van der Waals surface area contributed by atoms with E-state index >= 15 is 0 Å². The van der Waals surface area contributed by atoms with Gasteiger partial charge in [0.15, 0.2) is 0 Å². The molecule has 1 aliphatic heterocycles. The van der Waals surface area contributed by atoms with Crippen LogP contribution in [0.2, 0.25) is 0 Å². The van der Waals surface area contributed by atoms with E-state index in [4.69, 9.17) is 10.3 Å². The molecule has 5 nitrogen and oxygen atoms in total. The number of nitrogens with one attached hydrogen (secondary N) is 1. The number of nitrogens with zero attached hydrogens (tertiary/aromatic N) is 2. The second-order valence-electron chi connectivity index (χ2n) is 2.30. The van der Waals surface area contributed by atoms with Gasteiger partial charge < -0.3 is 15.6 Å². The maximum Gasteiger partial charge on any atom is 0.413 e. The van der Waals surface area contributed by atoms with E-state index in [2.05, 4.69) is 10.1 Å². The van der Waals surface area contributed by atoms with Crippen LogP contribution in [0.5, 0.6) is 0 Å². The lowest BCUT2D eigenvalue weighted by Crippen LogP contribution is -2.21. The fourth-order valence-corrected chi connectivity index (χ4v) is 0.971. The monoisotopic (exact) mass is 155 g/mol. The summed E-state index contributed by atoms with van der Waals surface area (Å²) in [6.45, 7) is 1.55. The van der Waals surface area contributed by atoms with Gasteiger partial charge in [-0.25, -0.2) is 4.79 Å². The number of rotatable bonds is 2. The highest BCUT2D eigenvalue weighted by atomic mass is 16.5. The molecule has 60 valence electrons. The number of hydrogen-bond acceptors (Lipinski definition) is 3. The standard InChI is InChI=1S/C6H9N3O2/c7-9-4-6(10)11-5-1-2-8-3-5/h4-5,8H,1-3H2/t5-/m0/s1. The van der Waals surface area contributed by atoms with Gasteiger partial charge in [-0.1, -0.05) is 0 Å². The zero-order valence-corrected chi connectivity index (χ0v) is 5.99. The van der Waals surface area contributed by atoms with Crippen molar-refractivity contribution in [2.75, 3.05) is 13.1 Å². The molecule has 1 saturated heterocycles. The normalized spacial score (nSPS) is 22.4. The van der Waals surface area contributed by atoms with Gasteiger partial charge in [-0.3, -0.25) is 0 Å². The molecular formula is C6H9N3O2. The molecule has 1 fully saturated rings. The number of carbonyl (C=O) groups excluding carboxylic acids is 1. The van der Waals surface area contributed by atoms with Crippen LogP contribution < -0.4 is 5.32 Å². The highest BCUT2D eigenvalue weighted by Crippen LogP contribution is 2.01. The highest BCUT2D eigenvalue weighted by molar-refractivity contribution is 6.20. The topological polar surface area (TPSA) is 74.7 Å². The molecule has 0 aliphatic carbocycles. The number of ether oxygens (including phenoxy) is 1. The van der Waals surface area contributed by atoms with Gasteiger partial charge >= 0.3 is 12.2 Å². The van der Waals surface area contributed by atoms with Crippen LogP contribution in [0.25, 0.3) is 5.53 Å². The molecule has 1 aliphatic rings. The summed E-state index contributed by atoms with van der Waals surface area (Å²) >= 11 is 0. The predicted octanol–water partition coefficient (Wildman–Crippen LogP) is -0.808. The smallest absolute Gasteiger partial charge is 0.413 e. The van der Waals surface area contributed by atoms with E-state index in [0.717, 1.165) is 19.2 Å². The first-order chi connectivity index (χ1) is 5.33. The Balaban J connectivity index is 2.29. The molecule has 0 aromatic rings. The van der Waals surface area contributed by atoms with Gasteiger partial charge in [0.05, 0.1) is 0 Å². The van der Waals surface area contributed by atoms with E-state index in [9.17, 15) is 4.79 Å². The zero-order chi connectivity index (χ0) is 8.10. The molecule has 1 heterocycles. The molecule has 0 saturated carbocycles. The molecule has 5 heteroatoms. The lowest BCUT2D eigenvalue weighted by atomic mass is 10.3. The lowest BCUT2D eigenvalue weighted by Gasteiger charge is -2.05. The van der Waals surface area contributed by atoms with Gasteiger partial charge in [0.2, 0.25) is 0 Å². The minimum Gasteiger partial charge on any atom is -0.453 e. The van der Waals surface area contributed by atoms with Crippen molar-refractivity contribution in [3.05, 3.63) is 5.53 Å². The fraction of sp³-hybridized carbons (Fsp3) is 0.667. The summed E-state index contributed by atoms with van der Waals surface area (Å²) in [5, 5.41) is 3.04. The molecule has 0 aromatic heterocycles. The molecule has 0 spiro atoms. The third-order valence-corrected chi connectivity index (χ3v) is 1.46. The Labute approximate surface area is 64.0 Å².